The number of alkyl carbamates (subject to hydrolysis) is 1. The van der Waals surface area contributed by atoms with Gasteiger partial charge < -0.3 is 49.8 Å². The first-order valence-corrected chi connectivity index (χ1v) is 17.9. The van der Waals surface area contributed by atoms with Gasteiger partial charge in [-0.3, -0.25) is 4.79 Å². The van der Waals surface area contributed by atoms with Crippen LogP contribution in [0.15, 0.2) is 30.3 Å². The maximum absolute atomic E-state index is 14.0. The number of carbonyl (C=O) groups excluding carboxylic acids is 2. The van der Waals surface area contributed by atoms with Crippen LogP contribution in [0.25, 0.3) is 0 Å². The van der Waals surface area contributed by atoms with E-state index in [-0.39, 0.29) is 43.1 Å². The van der Waals surface area contributed by atoms with Crippen LogP contribution in [0.4, 0.5) is 4.79 Å². The number of carbonyl (C=O) groups is 2. The van der Waals surface area contributed by atoms with E-state index in [1.807, 2.05) is 83.9 Å². The normalized spacial score (nSPS) is 43.6. The number of benzene rings is 1. The Morgan fingerprint density at radius 3 is 2.37 bits per heavy atom. The van der Waals surface area contributed by atoms with Crippen LogP contribution < -0.4 is 11.1 Å². The predicted molar refractivity (Wildman–Crippen MR) is 184 cm³/mol. The highest BCUT2D eigenvalue weighted by molar-refractivity contribution is 5.74. The minimum Gasteiger partial charge on any atom is -0.459 e. The van der Waals surface area contributed by atoms with Gasteiger partial charge in [-0.05, 0) is 72.5 Å². The summed E-state index contributed by atoms with van der Waals surface area (Å²) in [5.74, 6) is -2.65. The molecule has 0 aromatic heterocycles. The van der Waals surface area contributed by atoms with Gasteiger partial charge in [-0.2, -0.15) is 0 Å². The molecule has 2 bridgehead atoms. The van der Waals surface area contributed by atoms with Crippen molar-refractivity contribution in [2.75, 3.05) is 14.1 Å². The summed E-state index contributed by atoms with van der Waals surface area (Å²) in [7, 11) is 3.77. The molecule has 49 heavy (non-hydrogen) atoms. The third-order valence-corrected chi connectivity index (χ3v) is 11.3. The molecule has 0 spiro atoms. The Bertz CT molecular complexity index is 1250. The van der Waals surface area contributed by atoms with Crippen LogP contribution in [-0.4, -0.2) is 107 Å². The first kappa shape index (κ1) is 39.5. The molecule has 3 fully saturated rings. The number of esters is 1. The molecule has 0 saturated carbocycles. The standard InChI is InChI=1S/C37H61N3O9/c1-11-27-37(8)31(38)22(4)29(49-37)20(2)18-36(7,44)32(48-34-28(41)26(40(9)10)17-21(3)45-34)23(5)30(24(6)33(42)46-27)47-35(43)39-19-25-15-13-12-14-16-25/h12-16,20-24,26-32,34,41,44H,11,17-19,38H2,1-10H3,(H,39,43)/t20-,21-,22+,23+,24-,26+,27-,28-,29+,30+,31+,32-,34+,36+,37?/m1/s1. The number of hydrogen-bond acceptors (Lipinski definition) is 11. The summed E-state index contributed by atoms with van der Waals surface area (Å²) in [6, 6.07) is 8.70. The van der Waals surface area contributed by atoms with Crippen molar-refractivity contribution in [3.8, 4) is 0 Å². The van der Waals surface area contributed by atoms with Gasteiger partial charge in [0.25, 0.3) is 0 Å². The molecule has 0 radical (unpaired) electrons. The minimum absolute atomic E-state index is 0.102. The zero-order valence-corrected chi connectivity index (χ0v) is 31.0. The fraction of sp³-hybridized carbons (Fsp3) is 0.784. The van der Waals surface area contributed by atoms with Gasteiger partial charge in [0.05, 0.1) is 29.8 Å². The van der Waals surface area contributed by atoms with E-state index in [2.05, 4.69) is 5.32 Å². The van der Waals surface area contributed by atoms with Crippen molar-refractivity contribution in [3.63, 3.8) is 0 Å². The molecule has 1 unspecified atom stereocenters. The number of fused-ring (bicyclic) bond motifs is 2. The second kappa shape index (κ2) is 15.9. The number of aliphatic hydroxyl groups is 2. The van der Waals surface area contributed by atoms with Crippen LogP contribution >= 0.6 is 0 Å². The van der Waals surface area contributed by atoms with Gasteiger partial charge >= 0.3 is 12.1 Å². The quantitative estimate of drug-likeness (QED) is 0.309. The number of ether oxygens (including phenoxy) is 5. The molecule has 3 aliphatic rings. The van der Waals surface area contributed by atoms with Gasteiger partial charge in [0.15, 0.2) is 6.29 Å². The largest absolute Gasteiger partial charge is 0.459 e. The fourth-order valence-electron chi connectivity index (χ4n) is 8.41. The van der Waals surface area contributed by atoms with E-state index in [1.54, 1.807) is 20.8 Å². The maximum atomic E-state index is 14.0. The van der Waals surface area contributed by atoms with Crippen LogP contribution in [0.5, 0.6) is 0 Å². The summed E-state index contributed by atoms with van der Waals surface area (Å²) in [5.41, 5.74) is 5.14. The van der Waals surface area contributed by atoms with E-state index in [0.717, 1.165) is 5.56 Å². The lowest BCUT2D eigenvalue weighted by atomic mass is 9.75. The van der Waals surface area contributed by atoms with Gasteiger partial charge in [-0.15, -0.1) is 0 Å². The Labute approximate surface area is 292 Å². The summed E-state index contributed by atoms with van der Waals surface area (Å²) in [4.78, 5) is 29.4. The Morgan fingerprint density at radius 2 is 1.76 bits per heavy atom. The molecule has 15 atom stereocenters. The highest BCUT2D eigenvalue weighted by atomic mass is 16.7. The van der Waals surface area contributed by atoms with Crippen LogP contribution in [0.1, 0.15) is 80.2 Å². The van der Waals surface area contributed by atoms with Gasteiger partial charge in [0, 0.05) is 30.5 Å². The number of aliphatic hydroxyl groups excluding tert-OH is 1. The lowest BCUT2D eigenvalue weighted by Gasteiger charge is -2.47. The Hall–Kier alpha value is -2.32. The smallest absolute Gasteiger partial charge is 0.407 e. The van der Waals surface area contributed by atoms with Gasteiger partial charge in [0.2, 0.25) is 0 Å². The molecule has 0 aliphatic carbocycles. The average molecular weight is 692 g/mol. The zero-order valence-electron chi connectivity index (χ0n) is 31.0. The SMILES string of the molecule is CC[C@H]1OC(=O)[C@H](C)[C@@H](OC(=O)NCc2ccccc2)[C@H](C)[C@@H](O[C@@H]2O[C@H](C)C[C@H](N(C)C)[C@H]2O)[C@@](C)(O)C[C@@H](C)[C@@H]2OC1(C)[C@@H](N)[C@H]2C. The number of nitrogens with two attached hydrogens (primary N) is 1. The number of rotatable bonds is 7. The molecule has 12 heteroatoms. The van der Waals surface area contributed by atoms with Crippen molar-refractivity contribution in [2.45, 2.75) is 147 Å². The molecular weight excluding hydrogens is 630 g/mol. The Balaban J connectivity index is 1.75. The summed E-state index contributed by atoms with van der Waals surface area (Å²) < 4.78 is 31.8. The summed E-state index contributed by atoms with van der Waals surface area (Å²) in [6.07, 6.45) is -5.01. The maximum Gasteiger partial charge on any atom is 0.407 e. The number of hydrogen-bond donors (Lipinski definition) is 4. The van der Waals surface area contributed by atoms with Crippen molar-refractivity contribution < 1.29 is 43.5 Å². The molecule has 278 valence electrons. The van der Waals surface area contributed by atoms with Crippen molar-refractivity contribution in [3.05, 3.63) is 35.9 Å². The van der Waals surface area contributed by atoms with Crippen molar-refractivity contribution >= 4 is 12.1 Å². The molecular formula is C37H61N3O9. The number of nitrogens with one attached hydrogen (secondary N) is 1. The van der Waals surface area contributed by atoms with E-state index in [4.69, 9.17) is 29.4 Å². The summed E-state index contributed by atoms with van der Waals surface area (Å²) >= 11 is 0. The van der Waals surface area contributed by atoms with E-state index in [9.17, 15) is 19.8 Å². The number of cyclic esters (lactones) is 1. The van der Waals surface area contributed by atoms with Crippen molar-refractivity contribution in [1.29, 1.82) is 0 Å². The Morgan fingerprint density at radius 1 is 1.10 bits per heavy atom. The second-order valence-electron chi connectivity index (χ2n) is 15.5. The van der Waals surface area contributed by atoms with Crippen molar-refractivity contribution in [1.82, 2.24) is 10.2 Å². The predicted octanol–water partition coefficient (Wildman–Crippen LogP) is 3.60. The highest BCUT2D eigenvalue weighted by Gasteiger charge is 2.57. The molecule has 1 aromatic carbocycles. The highest BCUT2D eigenvalue weighted by Crippen LogP contribution is 2.45. The monoisotopic (exact) mass is 691 g/mol. The molecule has 3 saturated heterocycles. The lowest BCUT2D eigenvalue weighted by molar-refractivity contribution is -0.299. The third-order valence-electron chi connectivity index (χ3n) is 11.3. The van der Waals surface area contributed by atoms with Gasteiger partial charge in [-0.25, -0.2) is 4.79 Å². The first-order valence-electron chi connectivity index (χ1n) is 17.9. The molecule has 3 aliphatic heterocycles. The first-order chi connectivity index (χ1) is 22.9. The zero-order chi connectivity index (χ0) is 36.4. The second-order valence-corrected chi connectivity index (χ2v) is 15.5. The summed E-state index contributed by atoms with van der Waals surface area (Å²) in [5, 5.41) is 26.7. The Kier molecular flexibility index (Phi) is 12.8. The third kappa shape index (κ3) is 8.60. The van der Waals surface area contributed by atoms with E-state index >= 15 is 0 Å². The summed E-state index contributed by atoms with van der Waals surface area (Å²) in [6.45, 7) is 15.1. The van der Waals surface area contributed by atoms with Crippen LogP contribution in [0, 0.1) is 23.7 Å². The molecule has 1 aromatic rings. The van der Waals surface area contributed by atoms with Crippen molar-refractivity contribution in [2.24, 2.45) is 29.4 Å². The molecule has 3 heterocycles. The van der Waals surface area contributed by atoms with Gasteiger partial charge in [0.1, 0.15) is 23.9 Å². The molecule has 5 N–H and O–H groups in total. The molecule has 12 nitrogen and oxygen atoms in total. The van der Waals surface area contributed by atoms with Crippen LogP contribution in [0.2, 0.25) is 0 Å². The lowest BCUT2D eigenvalue weighted by Crippen LogP contribution is -2.59. The minimum atomic E-state index is -1.56. The number of nitrogens with zero attached hydrogens (tertiary/aromatic N) is 1. The fourth-order valence-corrected chi connectivity index (χ4v) is 8.41. The van der Waals surface area contributed by atoms with E-state index in [1.165, 1.54) is 0 Å². The van der Waals surface area contributed by atoms with Crippen LogP contribution in [0.3, 0.4) is 0 Å². The number of likely N-dealkylation sites (N-methyl/N-ethyl adjacent to an activating group) is 1. The topological polar surface area (TPSA) is 162 Å². The van der Waals surface area contributed by atoms with E-state index in [0.29, 0.717) is 12.8 Å². The average Bonchev–Trinajstić information content (AvgIpc) is 3.29. The number of amides is 1. The van der Waals surface area contributed by atoms with Gasteiger partial charge in [-0.1, -0.05) is 58.0 Å². The molecule has 4 rings (SSSR count). The van der Waals surface area contributed by atoms with Crippen LogP contribution in [-0.2, 0) is 35.0 Å². The van der Waals surface area contributed by atoms with E-state index < -0.39 is 71.8 Å². The molecule has 1 amide bonds.